The van der Waals surface area contributed by atoms with Gasteiger partial charge in [-0.2, -0.15) is 0 Å². The summed E-state index contributed by atoms with van der Waals surface area (Å²) in [5, 5.41) is 15.0. The fraction of sp³-hybridized carbons (Fsp3) is 0.0909. The van der Waals surface area contributed by atoms with E-state index in [9.17, 15) is 0 Å². The van der Waals surface area contributed by atoms with Gasteiger partial charge in [-0.25, -0.2) is 0 Å². The fourth-order valence-electron chi connectivity index (χ4n) is 2.65. The number of rotatable bonds is 8. The normalized spacial score (nSPS) is 10.3. The van der Waals surface area contributed by atoms with Crippen molar-refractivity contribution in [1.29, 1.82) is 10.8 Å². The zero-order chi connectivity index (χ0) is 19.9. The maximum Gasteiger partial charge on any atom is 0.122 e. The first-order chi connectivity index (χ1) is 13.5. The van der Waals surface area contributed by atoms with E-state index in [0.717, 1.165) is 11.1 Å². The maximum atomic E-state index is 7.50. The van der Waals surface area contributed by atoms with E-state index in [1.807, 2.05) is 48.5 Å². The summed E-state index contributed by atoms with van der Waals surface area (Å²) >= 11 is 0. The van der Waals surface area contributed by atoms with Crippen molar-refractivity contribution >= 4 is 11.7 Å². The molecule has 28 heavy (non-hydrogen) atoms. The average Bonchev–Trinajstić information content (AvgIpc) is 2.71. The van der Waals surface area contributed by atoms with E-state index in [1.54, 1.807) is 24.3 Å². The van der Waals surface area contributed by atoms with Gasteiger partial charge in [0.05, 0.1) is 0 Å². The van der Waals surface area contributed by atoms with Gasteiger partial charge in [-0.1, -0.05) is 42.5 Å². The minimum atomic E-state index is 0.0124. The first-order valence-corrected chi connectivity index (χ1v) is 8.73. The third kappa shape index (κ3) is 5.11. The summed E-state index contributed by atoms with van der Waals surface area (Å²) in [7, 11) is 0. The molecular weight excluding hydrogens is 352 g/mol. The van der Waals surface area contributed by atoms with Crippen molar-refractivity contribution in [2.45, 2.75) is 13.2 Å². The molecule has 0 radical (unpaired) electrons. The lowest BCUT2D eigenvalue weighted by Crippen LogP contribution is -2.11. The zero-order valence-corrected chi connectivity index (χ0v) is 15.3. The number of nitrogens with two attached hydrogens (primary N) is 2. The second-order valence-electron chi connectivity index (χ2n) is 6.28. The molecule has 6 heteroatoms. The second-order valence-corrected chi connectivity index (χ2v) is 6.28. The molecule has 0 bridgehead atoms. The van der Waals surface area contributed by atoms with Gasteiger partial charge in [0.2, 0.25) is 0 Å². The molecule has 0 saturated carbocycles. The molecule has 6 N–H and O–H groups in total. The number of benzene rings is 3. The van der Waals surface area contributed by atoms with Gasteiger partial charge in [0.25, 0.3) is 0 Å². The SMILES string of the molecule is N=C(N)c1cccc(OCc2cccc(COc3cccc(C(=N)N)c3)c2)c1. The Morgan fingerprint density at radius 1 is 0.643 bits per heavy atom. The lowest BCUT2D eigenvalue weighted by atomic mass is 10.1. The quantitative estimate of drug-likeness (QED) is 0.357. The zero-order valence-electron chi connectivity index (χ0n) is 15.3. The van der Waals surface area contributed by atoms with E-state index in [2.05, 4.69) is 0 Å². The Bertz CT molecular complexity index is 924. The fourth-order valence-corrected chi connectivity index (χ4v) is 2.65. The van der Waals surface area contributed by atoms with Crippen LogP contribution in [0.15, 0.2) is 72.8 Å². The molecule has 0 aliphatic rings. The highest BCUT2D eigenvalue weighted by molar-refractivity contribution is 5.95. The number of amidine groups is 2. The molecular formula is C22H22N4O2. The van der Waals surface area contributed by atoms with Crippen molar-refractivity contribution in [3.8, 4) is 11.5 Å². The molecule has 0 aromatic heterocycles. The monoisotopic (exact) mass is 374 g/mol. The van der Waals surface area contributed by atoms with Crippen LogP contribution < -0.4 is 20.9 Å². The molecule has 3 rings (SSSR count). The van der Waals surface area contributed by atoms with Crippen molar-refractivity contribution < 1.29 is 9.47 Å². The van der Waals surface area contributed by atoms with Gasteiger partial charge in [-0.05, 0) is 41.5 Å². The largest absolute Gasteiger partial charge is 0.489 e. The van der Waals surface area contributed by atoms with Crippen molar-refractivity contribution in [3.05, 3.63) is 95.1 Å². The Labute approximate surface area is 163 Å². The smallest absolute Gasteiger partial charge is 0.122 e. The van der Waals surface area contributed by atoms with Gasteiger partial charge >= 0.3 is 0 Å². The summed E-state index contributed by atoms with van der Waals surface area (Å²) in [6, 6.07) is 22.3. The Hall–Kier alpha value is -3.80. The van der Waals surface area contributed by atoms with Gasteiger partial charge in [-0.3, -0.25) is 10.8 Å². The number of ether oxygens (including phenoxy) is 2. The van der Waals surface area contributed by atoms with Crippen molar-refractivity contribution in [2.75, 3.05) is 0 Å². The van der Waals surface area contributed by atoms with E-state index < -0.39 is 0 Å². The van der Waals surface area contributed by atoms with E-state index in [-0.39, 0.29) is 11.7 Å². The van der Waals surface area contributed by atoms with Gasteiger partial charge in [0, 0.05) is 11.1 Å². The topological polar surface area (TPSA) is 118 Å². The molecule has 3 aromatic rings. The standard InChI is InChI=1S/C22H22N4O2/c23-21(24)17-6-2-8-19(11-17)27-13-15-4-1-5-16(10-15)14-28-20-9-3-7-18(12-20)22(25)26/h1-12H,13-14H2,(H3,23,24)(H3,25,26). The molecule has 0 fully saturated rings. The molecule has 0 atom stereocenters. The third-order valence-corrected chi connectivity index (χ3v) is 4.09. The number of hydrogen-bond donors (Lipinski definition) is 4. The lowest BCUT2D eigenvalue weighted by molar-refractivity contribution is 0.300. The highest BCUT2D eigenvalue weighted by atomic mass is 16.5. The summed E-state index contributed by atoms with van der Waals surface area (Å²) in [5.74, 6) is 1.35. The summed E-state index contributed by atoms with van der Waals surface area (Å²) in [6.45, 7) is 0.796. The predicted octanol–water partition coefficient (Wildman–Crippen LogP) is 3.41. The van der Waals surface area contributed by atoms with Crippen LogP contribution in [0.2, 0.25) is 0 Å². The minimum absolute atomic E-state index is 0.0124. The summed E-state index contributed by atoms with van der Waals surface area (Å²) in [6.07, 6.45) is 0. The van der Waals surface area contributed by atoms with Crippen LogP contribution in [0.3, 0.4) is 0 Å². The van der Waals surface area contributed by atoms with Crippen LogP contribution in [0.4, 0.5) is 0 Å². The molecule has 6 nitrogen and oxygen atoms in total. The first kappa shape index (κ1) is 19.0. The molecule has 0 unspecified atom stereocenters. The van der Waals surface area contributed by atoms with Crippen LogP contribution in [0.1, 0.15) is 22.3 Å². The average molecular weight is 374 g/mol. The third-order valence-electron chi connectivity index (χ3n) is 4.09. The molecule has 142 valence electrons. The molecule has 0 heterocycles. The van der Waals surface area contributed by atoms with Crippen LogP contribution >= 0.6 is 0 Å². The predicted molar refractivity (Wildman–Crippen MR) is 110 cm³/mol. The minimum Gasteiger partial charge on any atom is -0.489 e. The van der Waals surface area contributed by atoms with Crippen LogP contribution in [-0.2, 0) is 13.2 Å². The maximum absolute atomic E-state index is 7.50. The Balaban J connectivity index is 1.61. The molecule has 0 amide bonds. The van der Waals surface area contributed by atoms with Crippen molar-refractivity contribution in [3.63, 3.8) is 0 Å². The lowest BCUT2D eigenvalue weighted by Gasteiger charge is -2.10. The first-order valence-electron chi connectivity index (χ1n) is 8.73. The molecule has 0 aliphatic carbocycles. The Morgan fingerprint density at radius 2 is 1.07 bits per heavy atom. The molecule has 0 saturated heterocycles. The van der Waals surface area contributed by atoms with E-state index >= 15 is 0 Å². The highest BCUT2D eigenvalue weighted by Crippen LogP contribution is 2.18. The van der Waals surface area contributed by atoms with Crippen LogP contribution in [-0.4, -0.2) is 11.7 Å². The Morgan fingerprint density at radius 3 is 1.50 bits per heavy atom. The van der Waals surface area contributed by atoms with Crippen molar-refractivity contribution in [1.82, 2.24) is 0 Å². The van der Waals surface area contributed by atoms with Gasteiger partial charge in [-0.15, -0.1) is 0 Å². The van der Waals surface area contributed by atoms with Crippen molar-refractivity contribution in [2.24, 2.45) is 11.5 Å². The summed E-state index contributed by atoms with van der Waals surface area (Å²) < 4.78 is 11.6. The summed E-state index contributed by atoms with van der Waals surface area (Å²) in [5.41, 5.74) is 14.3. The Kier molecular flexibility index (Phi) is 5.91. The number of hydrogen-bond acceptors (Lipinski definition) is 4. The van der Waals surface area contributed by atoms with Crippen LogP contribution in [0.5, 0.6) is 11.5 Å². The number of nitrogen functional groups attached to an aromatic ring is 2. The molecule has 0 aliphatic heterocycles. The van der Waals surface area contributed by atoms with Gasteiger partial charge in [0.1, 0.15) is 36.4 Å². The number of nitrogens with one attached hydrogen (secondary N) is 2. The molecule has 3 aromatic carbocycles. The van der Waals surface area contributed by atoms with Crippen LogP contribution in [0, 0.1) is 10.8 Å². The van der Waals surface area contributed by atoms with Gasteiger partial charge in [0.15, 0.2) is 0 Å². The second kappa shape index (κ2) is 8.73. The van der Waals surface area contributed by atoms with E-state index in [4.69, 9.17) is 31.8 Å². The van der Waals surface area contributed by atoms with Gasteiger partial charge < -0.3 is 20.9 Å². The van der Waals surface area contributed by atoms with E-state index in [0.29, 0.717) is 35.8 Å². The molecule has 0 spiro atoms. The van der Waals surface area contributed by atoms with Crippen LogP contribution in [0.25, 0.3) is 0 Å². The van der Waals surface area contributed by atoms with E-state index in [1.165, 1.54) is 0 Å². The highest BCUT2D eigenvalue weighted by Gasteiger charge is 2.03. The summed E-state index contributed by atoms with van der Waals surface area (Å²) in [4.78, 5) is 0.